The molecule has 1 fully saturated rings. The lowest BCUT2D eigenvalue weighted by atomic mass is 9.74. The summed E-state index contributed by atoms with van der Waals surface area (Å²) in [6, 6.07) is 0. The first kappa shape index (κ1) is 12.5. The highest BCUT2D eigenvalue weighted by molar-refractivity contribution is 7.59. The van der Waals surface area contributed by atoms with Gasteiger partial charge in [-0.3, -0.25) is 9.16 Å². The Balaban J connectivity index is 2.76. The van der Waals surface area contributed by atoms with E-state index in [1.807, 2.05) is 0 Å². The Hall–Kier alpha value is 0.415. The van der Waals surface area contributed by atoms with E-state index >= 15 is 0 Å². The first-order valence-electron chi connectivity index (χ1n) is 5.39. The molecule has 1 rings (SSSR count). The van der Waals surface area contributed by atoms with Crippen LogP contribution < -0.4 is 0 Å². The molecule has 0 radical (unpaired) electrons. The van der Waals surface area contributed by atoms with Gasteiger partial charge in [-0.2, -0.15) is 0 Å². The van der Waals surface area contributed by atoms with Crippen molar-refractivity contribution in [3.05, 3.63) is 0 Å². The maximum atomic E-state index is 2.63. The molecule has 0 atom stereocenters. The maximum absolute atomic E-state index is 2.63. The van der Waals surface area contributed by atoms with E-state index in [-0.39, 0.29) is 8.22 Å². The van der Waals surface area contributed by atoms with Gasteiger partial charge in [-0.25, -0.2) is 0 Å². The molecule has 0 N–H and O–H groups in total. The molecule has 0 bridgehead atoms. The van der Waals surface area contributed by atoms with E-state index in [0.29, 0.717) is 18.1 Å². The lowest BCUT2D eigenvalue weighted by Gasteiger charge is -2.63. The van der Waals surface area contributed by atoms with Crippen molar-refractivity contribution >= 4 is 15.2 Å². The minimum absolute atomic E-state index is 0.0934. The van der Waals surface area contributed by atoms with Crippen LogP contribution in [0, 0.1) is 0 Å². The van der Waals surface area contributed by atoms with Gasteiger partial charge in [0.25, 0.3) is 0 Å². The van der Waals surface area contributed by atoms with Gasteiger partial charge in [0.15, 0.2) is 0 Å². The van der Waals surface area contributed by atoms with Gasteiger partial charge in [0.05, 0.1) is 0 Å². The van der Waals surface area contributed by atoms with Gasteiger partial charge in [0.1, 0.15) is 0 Å². The van der Waals surface area contributed by atoms with E-state index in [2.05, 4.69) is 64.2 Å². The van der Waals surface area contributed by atoms with Crippen molar-refractivity contribution in [2.45, 2.75) is 59.4 Å². The lowest BCUT2D eigenvalue weighted by molar-refractivity contribution is 0.255. The highest BCUT2D eigenvalue weighted by Crippen LogP contribution is 2.59. The van der Waals surface area contributed by atoms with Crippen LogP contribution in [0.4, 0.5) is 0 Å². The number of hydrogen-bond donors (Lipinski definition) is 0. The molecule has 0 aromatic carbocycles. The van der Waals surface area contributed by atoms with Crippen LogP contribution >= 0.6 is 8.22 Å². The summed E-state index contributed by atoms with van der Waals surface area (Å²) in [5.41, 5.74) is 0.614. The maximum Gasteiger partial charge on any atom is 0.317 e. The first-order chi connectivity index (χ1) is 6.07. The van der Waals surface area contributed by atoms with E-state index < -0.39 is 0 Å². The molecule has 1 heterocycles. The second kappa shape index (κ2) is 3.47. The zero-order valence-corrected chi connectivity index (χ0v) is 11.8. The van der Waals surface area contributed by atoms with Crippen LogP contribution in [0.25, 0.3) is 0 Å². The Morgan fingerprint density at radius 2 is 1.14 bits per heavy atom. The van der Waals surface area contributed by atoms with Crippen molar-refractivity contribution in [2.75, 3.05) is 6.66 Å². The van der Waals surface area contributed by atoms with Gasteiger partial charge in [-0.15, -0.1) is 0 Å². The van der Waals surface area contributed by atoms with E-state index in [9.17, 15) is 0 Å². The molecular weight excluding hydrogens is 190 g/mol. The predicted octanol–water partition coefficient (Wildman–Crippen LogP) is 3.26. The molecule has 1 aliphatic rings. The third-order valence-corrected chi connectivity index (χ3v) is 5.82. The van der Waals surface area contributed by atoms with Crippen molar-refractivity contribution in [1.29, 1.82) is 0 Å². The van der Waals surface area contributed by atoms with Crippen LogP contribution in [-0.4, -0.2) is 33.9 Å². The SMILES string of the molecule is CB1N(C(C)(C)C)P(C)N1C(C)(C)C. The molecule has 0 aliphatic carbocycles. The fourth-order valence-corrected chi connectivity index (χ4v) is 5.60. The van der Waals surface area contributed by atoms with Crippen LogP contribution in [0.15, 0.2) is 0 Å². The van der Waals surface area contributed by atoms with E-state index in [1.165, 1.54) is 0 Å². The first-order valence-corrected chi connectivity index (χ1v) is 7.08. The van der Waals surface area contributed by atoms with Crippen LogP contribution in [0.1, 0.15) is 41.5 Å². The Morgan fingerprint density at radius 3 is 1.29 bits per heavy atom. The van der Waals surface area contributed by atoms with Gasteiger partial charge in [-0.05, 0) is 48.2 Å². The molecule has 0 amide bonds. The average Bonchev–Trinajstić information content (AvgIpc) is 1.78. The Morgan fingerprint density at radius 1 is 0.857 bits per heavy atom. The third-order valence-electron chi connectivity index (χ3n) is 2.71. The second-order valence-electron chi connectivity index (χ2n) is 6.15. The summed E-state index contributed by atoms with van der Waals surface area (Å²) in [7, 11) is -0.0934. The predicted molar refractivity (Wildman–Crippen MR) is 67.6 cm³/mol. The van der Waals surface area contributed by atoms with Crippen molar-refractivity contribution in [1.82, 2.24) is 9.16 Å². The standard InChI is InChI=1S/C10H24BN2P/c1-9(2,3)12-11(7)13(14(12)8)10(4,5)6/h1-8H3. The largest absolute Gasteiger partial charge is 0.317 e. The van der Waals surface area contributed by atoms with E-state index in [1.54, 1.807) is 0 Å². The van der Waals surface area contributed by atoms with Crippen LogP contribution in [-0.2, 0) is 0 Å². The highest BCUT2D eigenvalue weighted by atomic mass is 31.1. The summed E-state index contributed by atoms with van der Waals surface area (Å²) in [6.07, 6.45) is 0. The number of rotatable bonds is 0. The van der Waals surface area contributed by atoms with Crippen LogP contribution in [0.5, 0.6) is 0 Å². The van der Waals surface area contributed by atoms with Gasteiger partial charge >= 0.3 is 6.98 Å². The summed E-state index contributed by atoms with van der Waals surface area (Å²) >= 11 is 0. The van der Waals surface area contributed by atoms with Gasteiger partial charge < -0.3 is 0 Å². The molecular formula is C10H24BN2P. The lowest BCUT2D eigenvalue weighted by Crippen LogP contribution is -2.68. The minimum Gasteiger partial charge on any atom is -0.290 e. The molecule has 0 unspecified atom stereocenters. The van der Waals surface area contributed by atoms with Crippen molar-refractivity contribution in [2.24, 2.45) is 0 Å². The molecule has 0 saturated carbocycles. The summed E-state index contributed by atoms with van der Waals surface area (Å²) in [5, 5.41) is 0. The van der Waals surface area contributed by atoms with E-state index in [4.69, 9.17) is 0 Å². The van der Waals surface area contributed by atoms with Gasteiger partial charge in [0, 0.05) is 19.3 Å². The van der Waals surface area contributed by atoms with Crippen LogP contribution in [0.2, 0.25) is 6.82 Å². The van der Waals surface area contributed by atoms with Crippen molar-refractivity contribution in [3.8, 4) is 0 Å². The molecule has 2 nitrogen and oxygen atoms in total. The molecule has 4 heteroatoms. The smallest absolute Gasteiger partial charge is 0.290 e. The molecule has 1 saturated heterocycles. The summed E-state index contributed by atoms with van der Waals surface area (Å²) in [4.78, 5) is 0. The third kappa shape index (κ3) is 2.00. The molecule has 1 aliphatic heterocycles. The second-order valence-corrected chi connectivity index (χ2v) is 7.99. The fraction of sp³-hybridized carbons (Fsp3) is 1.00. The van der Waals surface area contributed by atoms with Gasteiger partial charge in [-0.1, -0.05) is 6.82 Å². The Labute approximate surface area is 91.0 Å². The van der Waals surface area contributed by atoms with Gasteiger partial charge in [0.2, 0.25) is 0 Å². The average molecular weight is 214 g/mol. The number of nitrogens with zero attached hydrogens (tertiary/aromatic N) is 2. The molecule has 0 aromatic heterocycles. The monoisotopic (exact) mass is 214 g/mol. The normalized spacial score (nSPS) is 22.7. The summed E-state index contributed by atoms with van der Waals surface area (Å²) in [5.74, 6) is 0. The summed E-state index contributed by atoms with van der Waals surface area (Å²) < 4.78 is 5.27. The minimum atomic E-state index is -0.0934. The molecule has 82 valence electrons. The molecule has 14 heavy (non-hydrogen) atoms. The highest BCUT2D eigenvalue weighted by Gasteiger charge is 2.52. The number of hydrogen-bond acceptors (Lipinski definition) is 2. The van der Waals surface area contributed by atoms with Crippen molar-refractivity contribution < 1.29 is 0 Å². The fourth-order valence-electron chi connectivity index (χ4n) is 2.63. The van der Waals surface area contributed by atoms with Crippen molar-refractivity contribution in [3.63, 3.8) is 0 Å². The zero-order valence-electron chi connectivity index (χ0n) is 10.9. The topological polar surface area (TPSA) is 6.48 Å². The van der Waals surface area contributed by atoms with E-state index in [0.717, 1.165) is 0 Å². The molecule has 0 aromatic rings. The summed E-state index contributed by atoms with van der Waals surface area (Å²) in [6.45, 7) is 19.1. The Kier molecular flexibility index (Phi) is 3.09. The Bertz CT molecular complexity index is 187. The zero-order chi connectivity index (χ0) is 11.3. The van der Waals surface area contributed by atoms with Crippen LogP contribution in [0.3, 0.4) is 0 Å². The molecule has 0 spiro atoms. The quantitative estimate of drug-likeness (QED) is 0.451.